The first-order valence-corrected chi connectivity index (χ1v) is 6.39. The van der Waals surface area contributed by atoms with Crippen LogP contribution in [0, 0.1) is 0 Å². The molecule has 0 heterocycles. The maximum Gasteiger partial charge on any atom is 0.239 e. The molecule has 0 fully saturated rings. The Morgan fingerprint density at radius 1 is 1.06 bits per heavy atom. The second-order valence-electron chi connectivity index (χ2n) is 4.18. The number of halogens is 2. The average molecular weight is 257 g/mol. The van der Waals surface area contributed by atoms with Gasteiger partial charge in [-0.25, -0.2) is 8.78 Å². The number of alkyl halides is 2. The zero-order chi connectivity index (χ0) is 13.1. The van der Waals surface area contributed by atoms with E-state index in [1.165, 1.54) is 5.56 Å². The lowest BCUT2D eigenvalue weighted by atomic mass is 10.2. The van der Waals surface area contributed by atoms with Crippen LogP contribution in [0.2, 0.25) is 0 Å². The summed E-state index contributed by atoms with van der Waals surface area (Å²) in [6, 6.07) is 10.0. The summed E-state index contributed by atoms with van der Waals surface area (Å²) in [4.78, 5) is 0. The van der Waals surface area contributed by atoms with Gasteiger partial charge >= 0.3 is 0 Å². The Morgan fingerprint density at radius 2 is 1.83 bits per heavy atom. The molecule has 18 heavy (non-hydrogen) atoms. The Morgan fingerprint density at radius 3 is 2.56 bits per heavy atom. The van der Waals surface area contributed by atoms with Crippen LogP contribution in [0.25, 0.3) is 0 Å². The largest absolute Gasteiger partial charge is 0.377 e. The van der Waals surface area contributed by atoms with Crippen molar-refractivity contribution in [2.24, 2.45) is 0 Å². The minimum atomic E-state index is -2.20. The van der Waals surface area contributed by atoms with E-state index in [0.717, 1.165) is 19.4 Å². The van der Waals surface area contributed by atoms with E-state index < -0.39 is 6.43 Å². The van der Waals surface area contributed by atoms with E-state index in [1.807, 2.05) is 30.3 Å². The van der Waals surface area contributed by atoms with Crippen LogP contribution >= 0.6 is 0 Å². The van der Waals surface area contributed by atoms with Crippen LogP contribution in [0.3, 0.4) is 0 Å². The van der Waals surface area contributed by atoms with Gasteiger partial charge in [0.2, 0.25) is 6.43 Å². The summed E-state index contributed by atoms with van der Waals surface area (Å²) in [6.07, 6.45) is -0.358. The van der Waals surface area contributed by atoms with Crippen molar-refractivity contribution < 1.29 is 13.5 Å². The summed E-state index contributed by atoms with van der Waals surface area (Å²) >= 11 is 0. The molecule has 0 aliphatic carbocycles. The van der Waals surface area contributed by atoms with Crippen molar-refractivity contribution in [3.8, 4) is 0 Å². The van der Waals surface area contributed by atoms with Crippen LogP contribution in [-0.4, -0.2) is 26.1 Å². The molecule has 1 N–H and O–H groups in total. The van der Waals surface area contributed by atoms with Crippen molar-refractivity contribution in [3.05, 3.63) is 35.9 Å². The van der Waals surface area contributed by atoms with E-state index in [4.69, 9.17) is 4.74 Å². The van der Waals surface area contributed by atoms with Crippen LogP contribution in [0.4, 0.5) is 8.78 Å². The molecule has 0 atom stereocenters. The SMILES string of the molecule is FC(F)CCNCCCCOCc1ccccc1. The van der Waals surface area contributed by atoms with E-state index in [9.17, 15) is 8.78 Å². The lowest BCUT2D eigenvalue weighted by Gasteiger charge is -2.05. The molecular weight excluding hydrogens is 236 g/mol. The van der Waals surface area contributed by atoms with Gasteiger partial charge in [-0.2, -0.15) is 0 Å². The second-order valence-corrected chi connectivity index (χ2v) is 4.18. The molecule has 4 heteroatoms. The molecule has 0 bridgehead atoms. The number of ether oxygens (including phenoxy) is 1. The van der Waals surface area contributed by atoms with Crippen molar-refractivity contribution >= 4 is 0 Å². The zero-order valence-electron chi connectivity index (χ0n) is 10.6. The zero-order valence-corrected chi connectivity index (χ0v) is 10.6. The molecular formula is C14H21F2NO. The Kier molecular flexibility index (Phi) is 8.34. The molecule has 1 aromatic carbocycles. The average Bonchev–Trinajstić information content (AvgIpc) is 2.37. The monoisotopic (exact) mass is 257 g/mol. The van der Waals surface area contributed by atoms with Gasteiger partial charge in [0.25, 0.3) is 0 Å². The molecule has 0 unspecified atom stereocenters. The highest BCUT2D eigenvalue weighted by atomic mass is 19.3. The number of rotatable bonds is 10. The molecule has 0 saturated heterocycles. The minimum Gasteiger partial charge on any atom is -0.377 e. The fraction of sp³-hybridized carbons (Fsp3) is 0.571. The highest BCUT2D eigenvalue weighted by molar-refractivity contribution is 5.13. The van der Waals surface area contributed by atoms with Crippen molar-refractivity contribution in [1.29, 1.82) is 0 Å². The second kappa shape index (κ2) is 9.97. The van der Waals surface area contributed by atoms with Gasteiger partial charge < -0.3 is 10.1 Å². The summed E-state index contributed by atoms with van der Waals surface area (Å²) in [5.74, 6) is 0. The predicted octanol–water partition coefficient (Wildman–Crippen LogP) is 3.23. The van der Waals surface area contributed by atoms with Gasteiger partial charge in [0, 0.05) is 19.6 Å². The molecule has 1 aromatic rings. The number of nitrogens with one attached hydrogen (secondary N) is 1. The van der Waals surface area contributed by atoms with Crippen LogP contribution in [0.15, 0.2) is 30.3 Å². The molecule has 0 aromatic heterocycles. The summed E-state index contributed by atoms with van der Waals surface area (Å²) in [6.45, 7) is 2.52. The Hall–Kier alpha value is -1.00. The number of hydrogen-bond acceptors (Lipinski definition) is 2. The van der Waals surface area contributed by atoms with Gasteiger partial charge in [-0.1, -0.05) is 30.3 Å². The van der Waals surface area contributed by atoms with Crippen LogP contribution < -0.4 is 5.32 Å². The lowest BCUT2D eigenvalue weighted by Crippen LogP contribution is -2.19. The van der Waals surface area contributed by atoms with Gasteiger partial charge in [-0.05, 0) is 24.9 Å². The fourth-order valence-corrected chi connectivity index (χ4v) is 1.55. The molecule has 0 aliphatic heterocycles. The quantitative estimate of drug-likeness (QED) is 0.650. The Labute approximate surface area is 107 Å². The smallest absolute Gasteiger partial charge is 0.239 e. The molecule has 2 nitrogen and oxygen atoms in total. The molecule has 0 aliphatic rings. The van der Waals surface area contributed by atoms with Gasteiger partial charge in [0.1, 0.15) is 0 Å². The predicted molar refractivity (Wildman–Crippen MR) is 68.8 cm³/mol. The first-order valence-electron chi connectivity index (χ1n) is 6.39. The molecule has 1 rings (SSSR count). The number of hydrogen-bond donors (Lipinski definition) is 1. The van der Waals surface area contributed by atoms with Crippen LogP contribution in [0.5, 0.6) is 0 Å². The normalized spacial score (nSPS) is 11.1. The summed E-state index contributed by atoms with van der Waals surface area (Å²) in [5.41, 5.74) is 1.17. The van der Waals surface area contributed by atoms with Crippen molar-refractivity contribution in [2.75, 3.05) is 19.7 Å². The van der Waals surface area contributed by atoms with E-state index >= 15 is 0 Å². The Balaban J connectivity index is 1.84. The van der Waals surface area contributed by atoms with Gasteiger partial charge in [-0.3, -0.25) is 0 Å². The fourth-order valence-electron chi connectivity index (χ4n) is 1.55. The van der Waals surface area contributed by atoms with Gasteiger partial charge in [0.05, 0.1) is 6.61 Å². The topological polar surface area (TPSA) is 21.3 Å². The van der Waals surface area contributed by atoms with E-state index in [2.05, 4.69) is 5.32 Å². The van der Waals surface area contributed by atoms with Crippen molar-refractivity contribution in [2.45, 2.75) is 32.3 Å². The molecule has 0 spiro atoms. The van der Waals surface area contributed by atoms with Gasteiger partial charge in [-0.15, -0.1) is 0 Å². The Bertz CT molecular complexity index is 293. The summed E-state index contributed by atoms with van der Waals surface area (Å²) in [7, 11) is 0. The minimum absolute atomic E-state index is 0.0650. The summed E-state index contributed by atoms with van der Waals surface area (Å²) in [5, 5.41) is 2.99. The van der Waals surface area contributed by atoms with Crippen molar-refractivity contribution in [3.63, 3.8) is 0 Å². The number of benzene rings is 1. The highest BCUT2D eigenvalue weighted by Crippen LogP contribution is 2.01. The van der Waals surface area contributed by atoms with Crippen LogP contribution in [0.1, 0.15) is 24.8 Å². The van der Waals surface area contributed by atoms with Gasteiger partial charge in [0.15, 0.2) is 0 Å². The molecule has 0 amide bonds. The molecule has 0 saturated carbocycles. The van der Waals surface area contributed by atoms with E-state index in [0.29, 0.717) is 19.8 Å². The summed E-state index contributed by atoms with van der Waals surface area (Å²) < 4.78 is 29.1. The maximum absolute atomic E-state index is 11.8. The molecule has 0 radical (unpaired) electrons. The van der Waals surface area contributed by atoms with E-state index in [-0.39, 0.29) is 6.42 Å². The first-order chi connectivity index (χ1) is 8.79. The third-order valence-electron chi connectivity index (χ3n) is 2.54. The number of unbranched alkanes of at least 4 members (excludes halogenated alkanes) is 1. The third-order valence-corrected chi connectivity index (χ3v) is 2.54. The maximum atomic E-state index is 11.8. The third kappa shape index (κ3) is 8.14. The first kappa shape index (κ1) is 15.1. The van der Waals surface area contributed by atoms with Crippen molar-refractivity contribution in [1.82, 2.24) is 5.32 Å². The lowest BCUT2D eigenvalue weighted by molar-refractivity contribution is 0.116. The van der Waals surface area contributed by atoms with Crippen LogP contribution in [-0.2, 0) is 11.3 Å². The molecule has 102 valence electrons. The standard InChI is InChI=1S/C14H21F2NO/c15-14(16)8-10-17-9-4-5-11-18-12-13-6-2-1-3-7-13/h1-3,6-7,14,17H,4-5,8-12H2. The van der Waals surface area contributed by atoms with E-state index in [1.54, 1.807) is 0 Å². The highest BCUT2D eigenvalue weighted by Gasteiger charge is 2.00.